The van der Waals surface area contributed by atoms with Gasteiger partial charge in [-0.2, -0.15) is 9.78 Å². The number of carbonyl (C=O) groups excluding carboxylic acids is 2. The predicted octanol–water partition coefficient (Wildman–Crippen LogP) is 3.71. The summed E-state index contributed by atoms with van der Waals surface area (Å²) in [6, 6.07) is 12.6. The van der Waals surface area contributed by atoms with Crippen LogP contribution in [0.1, 0.15) is 39.5 Å². The number of fused-ring (bicyclic) bond motifs is 2. The Labute approximate surface area is 203 Å². The lowest BCUT2D eigenvalue weighted by atomic mass is 9.85. The smallest absolute Gasteiger partial charge is 0.255 e. The molecular weight excluding hydrogens is 463 g/mol. The minimum atomic E-state index is -0.374. The van der Waals surface area contributed by atoms with Crippen LogP contribution in [0.5, 0.6) is 0 Å². The minimum Gasteiger partial charge on any atom is -0.340 e. The van der Waals surface area contributed by atoms with Gasteiger partial charge in [0.1, 0.15) is 23.5 Å². The van der Waals surface area contributed by atoms with Gasteiger partial charge in [0, 0.05) is 29.2 Å². The molecule has 0 saturated carbocycles. The number of nitrogens with zero attached hydrogens (tertiary/aromatic N) is 5. The number of carbonyl (C=O) groups is 2. The number of anilines is 2. The van der Waals surface area contributed by atoms with Crippen LogP contribution in [0, 0.1) is 12.7 Å². The second-order valence-corrected chi connectivity index (χ2v) is 8.45. The van der Waals surface area contributed by atoms with E-state index in [9.17, 15) is 14.0 Å². The first-order chi connectivity index (χ1) is 17.5. The normalized spacial score (nSPS) is 14.9. The molecule has 1 aliphatic heterocycles. The summed E-state index contributed by atoms with van der Waals surface area (Å²) in [5, 5.41) is 10.4. The minimum absolute atomic E-state index is 0.151. The van der Waals surface area contributed by atoms with Gasteiger partial charge in [-0.3, -0.25) is 9.59 Å². The monoisotopic (exact) mass is 482 g/mol. The largest absolute Gasteiger partial charge is 0.340 e. The number of aryl methyl sites for hydroxylation is 1. The Morgan fingerprint density at radius 1 is 1.08 bits per heavy atom. The van der Waals surface area contributed by atoms with E-state index >= 15 is 0 Å². The predicted molar refractivity (Wildman–Crippen MR) is 129 cm³/mol. The molecule has 178 valence electrons. The van der Waals surface area contributed by atoms with Crippen molar-refractivity contribution in [3.63, 3.8) is 0 Å². The van der Waals surface area contributed by atoms with Gasteiger partial charge in [-0.05, 0) is 48.9 Å². The highest BCUT2D eigenvalue weighted by Gasteiger charge is 2.33. The molecule has 2 aromatic carbocycles. The molecule has 3 N–H and O–H groups in total. The third kappa shape index (κ3) is 3.66. The number of hydrogen-bond donors (Lipinski definition) is 3. The zero-order valence-electron chi connectivity index (χ0n) is 19.0. The first-order valence-electron chi connectivity index (χ1n) is 11.2. The first kappa shape index (κ1) is 21.6. The third-order valence-corrected chi connectivity index (χ3v) is 6.18. The Hall–Kier alpha value is -4.93. The van der Waals surface area contributed by atoms with E-state index in [4.69, 9.17) is 0 Å². The first-order valence-corrected chi connectivity index (χ1v) is 11.2. The fourth-order valence-electron chi connectivity index (χ4n) is 4.50. The number of aromatic amines is 1. The molecule has 3 aromatic heterocycles. The summed E-state index contributed by atoms with van der Waals surface area (Å²) in [6.07, 6.45) is 3.17. The van der Waals surface area contributed by atoms with Gasteiger partial charge in [-0.1, -0.05) is 12.1 Å². The van der Waals surface area contributed by atoms with E-state index in [1.165, 1.54) is 36.9 Å². The Bertz CT molecular complexity index is 1620. The van der Waals surface area contributed by atoms with Crippen molar-refractivity contribution in [2.45, 2.75) is 19.3 Å². The SMILES string of the molecule is Cc1nn(-c2ncnc3nc[nH]c23)c2c1[C@@H](c1ccc(C(=O)Nc3ccc(F)cc3)cc1)CC(=O)N2. The molecule has 10 nitrogen and oxygen atoms in total. The standard InChI is InChI=1S/C25H19FN8O2/c1-13-20-18(14-2-4-15(5-3-14)25(36)31-17-8-6-16(26)7-9-17)10-19(35)32-23(20)34(33-13)24-21-22(28-11-27-21)29-12-30-24/h2-9,11-12,18H,10H2,1H3,(H,31,36)(H,32,35)(H,27,28,29,30)/t18-/m1/s1. The number of amides is 2. The van der Waals surface area contributed by atoms with Crippen LogP contribution in [-0.4, -0.2) is 41.5 Å². The number of aromatic nitrogens is 6. The van der Waals surface area contributed by atoms with E-state index in [1.54, 1.807) is 16.8 Å². The van der Waals surface area contributed by atoms with Crippen LogP contribution in [0.2, 0.25) is 0 Å². The van der Waals surface area contributed by atoms with Crippen molar-refractivity contribution in [2.75, 3.05) is 10.6 Å². The van der Waals surface area contributed by atoms with Gasteiger partial charge in [-0.15, -0.1) is 0 Å². The van der Waals surface area contributed by atoms with Gasteiger partial charge < -0.3 is 15.6 Å². The number of nitrogens with one attached hydrogen (secondary N) is 3. The van der Waals surface area contributed by atoms with E-state index in [2.05, 4.69) is 35.7 Å². The molecule has 0 fully saturated rings. The fraction of sp³-hybridized carbons (Fsp3) is 0.120. The Balaban J connectivity index is 1.33. The number of imidazole rings is 1. The lowest BCUT2D eigenvalue weighted by Gasteiger charge is -2.24. The summed E-state index contributed by atoms with van der Waals surface area (Å²) in [7, 11) is 0. The molecular formula is C25H19FN8O2. The van der Waals surface area contributed by atoms with Crippen molar-refractivity contribution >= 4 is 34.5 Å². The fourth-order valence-corrected chi connectivity index (χ4v) is 4.50. The van der Waals surface area contributed by atoms with Crippen LogP contribution in [0.4, 0.5) is 15.9 Å². The lowest BCUT2D eigenvalue weighted by Crippen LogP contribution is -2.25. The van der Waals surface area contributed by atoms with Gasteiger partial charge in [-0.25, -0.2) is 19.3 Å². The summed E-state index contributed by atoms with van der Waals surface area (Å²) >= 11 is 0. The topological polar surface area (TPSA) is 130 Å². The molecule has 4 heterocycles. The van der Waals surface area contributed by atoms with Crippen LogP contribution in [-0.2, 0) is 4.79 Å². The van der Waals surface area contributed by atoms with Crippen LogP contribution < -0.4 is 10.6 Å². The number of H-pyrrole nitrogens is 1. The summed E-state index contributed by atoms with van der Waals surface area (Å²) in [5.74, 6) is -0.0679. The van der Waals surface area contributed by atoms with Crippen LogP contribution in [0.25, 0.3) is 17.0 Å². The molecule has 1 atom stereocenters. The van der Waals surface area contributed by atoms with E-state index in [-0.39, 0.29) is 30.0 Å². The van der Waals surface area contributed by atoms with Crippen molar-refractivity contribution in [2.24, 2.45) is 0 Å². The molecule has 0 unspecified atom stereocenters. The summed E-state index contributed by atoms with van der Waals surface area (Å²) in [5.41, 5.74) is 4.55. The van der Waals surface area contributed by atoms with Gasteiger partial charge in [0.05, 0.1) is 12.0 Å². The number of rotatable bonds is 4. The molecule has 0 radical (unpaired) electrons. The van der Waals surface area contributed by atoms with E-state index in [1.807, 2.05) is 19.1 Å². The lowest BCUT2D eigenvalue weighted by molar-refractivity contribution is -0.116. The van der Waals surface area contributed by atoms with Crippen molar-refractivity contribution in [1.82, 2.24) is 29.7 Å². The van der Waals surface area contributed by atoms with Crippen LogP contribution >= 0.6 is 0 Å². The average Bonchev–Trinajstić information content (AvgIpc) is 3.49. The van der Waals surface area contributed by atoms with Gasteiger partial charge in [0.2, 0.25) is 5.91 Å². The Morgan fingerprint density at radius 3 is 2.64 bits per heavy atom. The molecule has 2 amide bonds. The highest BCUT2D eigenvalue weighted by molar-refractivity contribution is 6.04. The zero-order valence-corrected chi connectivity index (χ0v) is 19.0. The maximum atomic E-state index is 13.1. The van der Waals surface area contributed by atoms with Crippen molar-refractivity contribution in [1.29, 1.82) is 0 Å². The Morgan fingerprint density at radius 2 is 1.86 bits per heavy atom. The molecule has 11 heteroatoms. The van der Waals surface area contributed by atoms with E-state index < -0.39 is 0 Å². The van der Waals surface area contributed by atoms with Crippen molar-refractivity contribution < 1.29 is 14.0 Å². The summed E-state index contributed by atoms with van der Waals surface area (Å²) < 4.78 is 14.7. The second-order valence-electron chi connectivity index (χ2n) is 8.45. The molecule has 1 aliphatic rings. The molecule has 0 aliphatic carbocycles. The highest BCUT2D eigenvalue weighted by atomic mass is 19.1. The van der Waals surface area contributed by atoms with Gasteiger partial charge in [0.15, 0.2) is 11.5 Å². The van der Waals surface area contributed by atoms with E-state index in [0.29, 0.717) is 34.1 Å². The molecule has 0 spiro atoms. The maximum Gasteiger partial charge on any atom is 0.255 e. The zero-order chi connectivity index (χ0) is 24.8. The quantitative estimate of drug-likeness (QED) is 0.358. The molecule has 5 aromatic rings. The second kappa shape index (κ2) is 8.38. The molecule has 6 rings (SSSR count). The number of hydrogen-bond acceptors (Lipinski definition) is 6. The molecule has 0 saturated heterocycles. The summed E-state index contributed by atoms with van der Waals surface area (Å²) in [4.78, 5) is 41.1. The van der Waals surface area contributed by atoms with Gasteiger partial charge >= 0.3 is 0 Å². The summed E-state index contributed by atoms with van der Waals surface area (Å²) in [6.45, 7) is 1.88. The molecule has 0 bridgehead atoms. The maximum absolute atomic E-state index is 13.1. The third-order valence-electron chi connectivity index (χ3n) is 6.18. The van der Waals surface area contributed by atoms with Crippen molar-refractivity contribution in [3.8, 4) is 5.82 Å². The Kier molecular flexibility index (Phi) is 5.03. The number of benzene rings is 2. The number of halogens is 1. The molecule has 36 heavy (non-hydrogen) atoms. The van der Waals surface area contributed by atoms with E-state index in [0.717, 1.165) is 16.8 Å². The highest BCUT2D eigenvalue weighted by Crippen LogP contribution is 2.40. The van der Waals surface area contributed by atoms with Crippen molar-refractivity contribution in [3.05, 3.63) is 89.4 Å². The van der Waals surface area contributed by atoms with Crippen LogP contribution in [0.3, 0.4) is 0 Å². The van der Waals surface area contributed by atoms with Gasteiger partial charge in [0.25, 0.3) is 5.91 Å². The van der Waals surface area contributed by atoms with Crippen LogP contribution in [0.15, 0.2) is 61.2 Å². The average molecular weight is 482 g/mol.